The first-order chi connectivity index (χ1) is 6.40. The lowest BCUT2D eigenvalue weighted by Gasteiger charge is -2.14. The molecule has 0 bridgehead atoms. The quantitative estimate of drug-likeness (QED) is 0.704. The fourth-order valence-electron chi connectivity index (χ4n) is 1.28. The maximum Gasteiger partial charge on any atom is 0.243 e. The molecule has 5 nitrogen and oxygen atoms in total. The summed E-state index contributed by atoms with van der Waals surface area (Å²) in [5, 5.41) is 1.93. The largest absolute Gasteiger partial charge is 0.481 e. The molecule has 0 amide bonds. The van der Waals surface area contributed by atoms with Gasteiger partial charge in [0.15, 0.2) is 0 Å². The Kier molecular flexibility index (Phi) is 2.27. The van der Waals surface area contributed by atoms with Crippen molar-refractivity contribution >= 4 is 5.95 Å². The molecular weight excluding hydrogens is 168 g/mol. The lowest BCUT2D eigenvalue weighted by Crippen LogP contribution is -2.32. The molecule has 5 heteroatoms. The van der Waals surface area contributed by atoms with Crippen molar-refractivity contribution in [3.63, 3.8) is 0 Å². The van der Waals surface area contributed by atoms with Crippen LogP contribution in [0, 0.1) is 0 Å². The molecule has 0 unspecified atom stereocenters. The minimum Gasteiger partial charge on any atom is -0.481 e. The molecular formula is C8H12N4O. The average Bonchev–Trinajstić information content (AvgIpc) is 2.71. The summed E-state index contributed by atoms with van der Waals surface area (Å²) < 4.78 is 5.01. The summed E-state index contributed by atoms with van der Waals surface area (Å²) in [6.45, 7) is 1.94. The molecule has 0 spiro atoms. The smallest absolute Gasteiger partial charge is 0.243 e. The van der Waals surface area contributed by atoms with Crippen LogP contribution in [-0.2, 0) is 0 Å². The molecule has 70 valence electrons. The number of rotatable bonds is 2. The van der Waals surface area contributed by atoms with E-state index in [0.29, 0.717) is 11.8 Å². The summed E-state index contributed by atoms with van der Waals surface area (Å²) in [5.41, 5.74) is 3.18. The molecule has 0 aromatic carbocycles. The zero-order chi connectivity index (χ0) is 9.10. The van der Waals surface area contributed by atoms with Crippen LogP contribution in [0.4, 0.5) is 5.95 Å². The maximum absolute atomic E-state index is 5.01. The van der Waals surface area contributed by atoms with Gasteiger partial charge in [0, 0.05) is 25.4 Å². The average molecular weight is 180 g/mol. The predicted octanol–water partition coefficient (Wildman–Crippen LogP) is 0.200. The Bertz CT molecular complexity index is 285. The van der Waals surface area contributed by atoms with Gasteiger partial charge in [-0.1, -0.05) is 0 Å². The molecule has 1 N–H and O–H groups in total. The van der Waals surface area contributed by atoms with Gasteiger partial charge in [-0.25, -0.2) is 10.4 Å². The Hall–Kier alpha value is -1.36. The SMILES string of the molecule is COc1ccnc(N2CCCN2)n1. The molecule has 0 atom stereocenters. The molecule has 0 saturated carbocycles. The fourth-order valence-corrected chi connectivity index (χ4v) is 1.28. The van der Waals surface area contributed by atoms with Crippen molar-refractivity contribution in [1.29, 1.82) is 0 Å². The molecule has 1 aromatic rings. The first-order valence-electron chi connectivity index (χ1n) is 4.28. The van der Waals surface area contributed by atoms with Gasteiger partial charge in [0.25, 0.3) is 0 Å². The first kappa shape index (κ1) is 8.25. The van der Waals surface area contributed by atoms with Gasteiger partial charge in [-0.3, -0.25) is 5.01 Å². The van der Waals surface area contributed by atoms with Crippen molar-refractivity contribution in [2.24, 2.45) is 0 Å². The van der Waals surface area contributed by atoms with Gasteiger partial charge in [0.05, 0.1) is 7.11 Å². The lowest BCUT2D eigenvalue weighted by molar-refractivity contribution is 0.396. The summed E-state index contributed by atoms with van der Waals surface area (Å²) in [4.78, 5) is 8.34. The molecule has 2 heterocycles. The summed E-state index contributed by atoms with van der Waals surface area (Å²) in [5.74, 6) is 1.27. The van der Waals surface area contributed by atoms with E-state index in [-0.39, 0.29) is 0 Å². The standard InChI is InChI=1S/C8H12N4O/c1-13-7-3-5-9-8(11-7)12-6-2-4-10-12/h3,5,10H,2,4,6H2,1H3. The van der Waals surface area contributed by atoms with Crippen LogP contribution in [0.15, 0.2) is 12.3 Å². The highest BCUT2D eigenvalue weighted by atomic mass is 16.5. The Balaban J connectivity index is 2.18. The van der Waals surface area contributed by atoms with Crippen LogP contribution in [0.1, 0.15) is 6.42 Å². The van der Waals surface area contributed by atoms with E-state index in [0.717, 1.165) is 19.5 Å². The minimum atomic E-state index is 0.596. The van der Waals surface area contributed by atoms with Crippen LogP contribution in [0.2, 0.25) is 0 Å². The Morgan fingerprint density at radius 3 is 3.23 bits per heavy atom. The van der Waals surface area contributed by atoms with Gasteiger partial charge in [0.1, 0.15) is 0 Å². The number of hydrogen-bond acceptors (Lipinski definition) is 5. The molecule has 13 heavy (non-hydrogen) atoms. The van der Waals surface area contributed by atoms with Crippen molar-refractivity contribution in [3.05, 3.63) is 12.3 Å². The zero-order valence-corrected chi connectivity index (χ0v) is 7.53. The summed E-state index contributed by atoms with van der Waals surface area (Å²) in [6.07, 6.45) is 2.82. The number of ether oxygens (including phenoxy) is 1. The van der Waals surface area contributed by atoms with Gasteiger partial charge in [0.2, 0.25) is 11.8 Å². The summed E-state index contributed by atoms with van der Waals surface area (Å²) >= 11 is 0. The molecule has 1 saturated heterocycles. The zero-order valence-electron chi connectivity index (χ0n) is 7.53. The minimum absolute atomic E-state index is 0.596. The third-order valence-electron chi connectivity index (χ3n) is 1.93. The topological polar surface area (TPSA) is 50.3 Å². The number of methoxy groups -OCH3 is 1. The number of nitrogens with zero attached hydrogens (tertiary/aromatic N) is 3. The third kappa shape index (κ3) is 1.70. The van der Waals surface area contributed by atoms with Crippen molar-refractivity contribution in [2.45, 2.75) is 6.42 Å². The van der Waals surface area contributed by atoms with E-state index < -0.39 is 0 Å². The molecule has 1 aliphatic rings. The number of hydrazine groups is 1. The molecule has 0 aliphatic carbocycles. The normalized spacial score (nSPS) is 16.2. The van der Waals surface area contributed by atoms with E-state index in [4.69, 9.17) is 4.74 Å². The van der Waals surface area contributed by atoms with Gasteiger partial charge in [-0.05, 0) is 6.42 Å². The van der Waals surface area contributed by atoms with Crippen LogP contribution in [0.3, 0.4) is 0 Å². The Labute approximate surface area is 76.7 Å². The van der Waals surface area contributed by atoms with Crippen LogP contribution in [0.5, 0.6) is 5.88 Å². The van der Waals surface area contributed by atoms with E-state index in [2.05, 4.69) is 15.4 Å². The Morgan fingerprint density at radius 2 is 2.54 bits per heavy atom. The third-order valence-corrected chi connectivity index (χ3v) is 1.93. The highest BCUT2D eigenvalue weighted by Gasteiger charge is 2.14. The molecule has 1 fully saturated rings. The van der Waals surface area contributed by atoms with E-state index in [9.17, 15) is 0 Å². The van der Waals surface area contributed by atoms with E-state index in [1.807, 2.05) is 5.01 Å². The maximum atomic E-state index is 5.01. The van der Waals surface area contributed by atoms with E-state index in [1.165, 1.54) is 0 Å². The molecule has 2 rings (SSSR count). The number of aromatic nitrogens is 2. The van der Waals surface area contributed by atoms with Gasteiger partial charge < -0.3 is 4.74 Å². The fraction of sp³-hybridized carbons (Fsp3) is 0.500. The molecule has 1 aliphatic heterocycles. The van der Waals surface area contributed by atoms with Crippen molar-refractivity contribution in [2.75, 3.05) is 25.2 Å². The first-order valence-corrected chi connectivity index (χ1v) is 4.28. The monoisotopic (exact) mass is 180 g/mol. The number of hydrogen-bond donors (Lipinski definition) is 1. The second-order valence-electron chi connectivity index (χ2n) is 2.81. The number of anilines is 1. The Morgan fingerprint density at radius 1 is 1.62 bits per heavy atom. The van der Waals surface area contributed by atoms with Crippen molar-refractivity contribution < 1.29 is 4.74 Å². The highest BCUT2D eigenvalue weighted by Crippen LogP contribution is 2.12. The van der Waals surface area contributed by atoms with Crippen molar-refractivity contribution in [1.82, 2.24) is 15.4 Å². The lowest BCUT2D eigenvalue weighted by atomic mass is 10.5. The summed E-state index contributed by atoms with van der Waals surface area (Å²) in [7, 11) is 1.60. The van der Waals surface area contributed by atoms with Crippen LogP contribution in [0.25, 0.3) is 0 Å². The van der Waals surface area contributed by atoms with Gasteiger partial charge >= 0.3 is 0 Å². The van der Waals surface area contributed by atoms with Crippen LogP contribution in [-0.4, -0.2) is 30.2 Å². The van der Waals surface area contributed by atoms with Crippen LogP contribution < -0.4 is 15.2 Å². The molecule has 1 aromatic heterocycles. The van der Waals surface area contributed by atoms with Gasteiger partial charge in [-0.15, -0.1) is 0 Å². The molecule has 0 radical (unpaired) electrons. The summed E-state index contributed by atoms with van der Waals surface area (Å²) in [6, 6.07) is 1.74. The van der Waals surface area contributed by atoms with E-state index in [1.54, 1.807) is 19.4 Å². The van der Waals surface area contributed by atoms with Crippen molar-refractivity contribution in [3.8, 4) is 5.88 Å². The highest BCUT2D eigenvalue weighted by molar-refractivity contribution is 5.31. The van der Waals surface area contributed by atoms with E-state index >= 15 is 0 Å². The second kappa shape index (κ2) is 3.57. The number of nitrogens with one attached hydrogen (secondary N) is 1. The second-order valence-corrected chi connectivity index (χ2v) is 2.81. The van der Waals surface area contributed by atoms with Gasteiger partial charge in [-0.2, -0.15) is 4.98 Å². The predicted molar refractivity (Wildman–Crippen MR) is 48.5 cm³/mol. The van der Waals surface area contributed by atoms with Crippen LogP contribution >= 0.6 is 0 Å².